The SMILES string of the molecule is CC1CNCc2[nH]c3cc(Cl)ccc3c21. The van der Waals surface area contributed by atoms with Crippen LogP contribution in [0.4, 0.5) is 0 Å². The highest BCUT2D eigenvalue weighted by atomic mass is 35.5. The third kappa shape index (κ3) is 1.36. The standard InChI is InChI=1S/C12H13ClN2/c1-7-5-14-6-11-12(7)9-3-2-8(13)4-10(9)15-11/h2-4,7,14-15H,5-6H2,1H3. The van der Waals surface area contributed by atoms with Gasteiger partial charge >= 0.3 is 0 Å². The Morgan fingerprint density at radius 2 is 2.27 bits per heavy atom. The van der Waals surface area contributed by atoms with Crippen molar-refractivity contribution in [3.8, 4) is 0 Å². The molecule has 3 heteroatoms. The molecule has 1 atom stereocenters. The molecule has 1 aromatic carbocycles. The molecular formula is C12H13ClN2. The number of H-pyrrole nitrogens is 1. The third-order valence-electron chi connectivity index (χ3n) is 3.13. The molecule has 0 aliphatic carbocycles. The van der Waals surface area contributed by atoms with Gasteiger partial charge in [0.1, 0.15) is 0 Å². The summed E-state index contributed by atoms with van der Waals surface area (Å²) < 4.78 is 0. The molecule has 2 heterocycles. The minimum Gasteiger partial charge on any atom is -0.357 e. The van der Waals surface area contributed by atoms with Gasteiger partial charge < -0.3 is 10.3 Å². The van der Waals surface area contributed by atoms with E-state index < -0.39 is 0 Å². The fourth-order valence-corrected chi connectivity index (χ4v) is 2.64. The maximum Gasteiger partial charge on any atom is 0.0474 e. The summed E-state index contributed by atoms with van der Waals surface area (Å²) in [4.78, 5) is 3.44. The van der Waals surface area contributed by atoms with Crippen molar-refractivity contribution in [2.75, 3.05) is 6.54 Å². The normalized spacial score (nSPS) is 20.5. The first-order chi connectivity index (χ1) is 7.25. The number of aromatic nitrogens is 1. The minimum absolute atomic E-state index is 0.573. The molecule has 0 spiro atoms. The number of fused-ring (bicyclic) bond motifs is 3. The molecule has 1 unspecified atom stereocenters. The summed E-state index contributed by atoms with van der Waals surface area (Å²) >= 11 is 5.98. The molecule has 1 aliphatic heterocycles. The zero-order chi connectivity index (χ0) is 10.4. The van der Waals surface area contributed by atoms with E-state index in [1.165, 1.54) is 16.6 Å². The molecular weight excluding hydrogens is 208 g/mol. The Hall–Kier alpha value is -0.990. The lowest BCUT2D eigenvalue weighted by atomic mass is 9.95. The van der Waals surface area contributed by atoms with Crippen LogP contribution in [-0.4, -0.2) is 11.5 Å². The van der Waals surface area contributed by atoms with E-state index in [1.807, 2.05) is 12.1 Å². The maximum atomic E-state index is 5.98. The molecule has 3 rings (SSSR count). The fourth-order valence-electron chi connectivity index (χ4n) is 2.47. The predicted molar refractivity (Wildman–Crippen MR) is 63.4 cm³/mol. The molecule has 1 aromatic heterocycles. The monoisotopic (exact) mass is 220 g/mol. The number of aromatic amines is 1. The lowest BCUT2D eigenvalue weighted by molar-refractivity contribution is 0.568. The Morgan fingerprint density at radius 3 is 3.13 bits per heavy atom. The van der Waals surface area contributed by atoms with Crippen LogP contribution in [0, 0.1) is 0 Å². The summed E-state index contributed by atoms with van der Waals surface area (Å²) in [6.45, 7) is 4.25. The van der Waals surface area contributed by atoms with E-state index in [9.17, 15) is 0 Å². The Morgan fingerprint density at radius 1 is 1.40 bits per heavy atom. The second-order valence-corrected chi connectivity index (χ2v) is 4.68. The van der Waals surface area contributed by atoms with Crippen molar-refractivity contribution in [3.05, 3.63) is 34.5 Å². The summed E-state index contributed by atoms with van der Waals surface area (Å²) in [6, 6.07) is 6.09. The van der Waals surface area contributed by atoms with Gasteiger partial charge in [0.2, 0.25) is 0 Å². The summed E-state index contributed by atoms with van der Waals surface area (Å²) in [6.07, 6.45) is 0. The average molecular weight is 221 g/mol. The molecule has 0 bridgehead atoms. The van der Waals surface area contributed by atoms with Gasteiger partial charge in [0.05, 0.1) is 0 Å². The molecule has 0 radical (unpaired) electrons. The van der Waals surface area contributed by atoms with E-state index in [-0.39, 0.29) is 0 Å². The molecule has 2 nitrogen and oxygen atoms in total. The van der Waals surface area contributed by atoms with Gasteiger partial charge in [-0.2, -0.15) is 0 Å². The Bertz CT molecular complexity index is 516. The highest BCUT2D eigenvalue weighted by Crippen LogP contribution is 2.32. The van der Waals surface area contributed by atoms with Gasteiger partial charge in [-0.1, -0.05) is 24.6 Å². The van der Waals surface area contributed by atoms with Crippen LogP contribution in [0.3, 0.4) is 0 Å². The zero-order valence-electron chi connectivity index (χ0n) is 8.60. The van der Waals surface area contributed by atoms with Crippen molar-refractivity contribution in [1.29, 1.82) is 0 Å². The fraction of sp³-hybridized carbons (Fsp3) is 0.333. The Labute approximate surface area is 93.6 Å². The van der Waals surface area contributed by atoms with Crippen molar-refractivity contribution < 1.29 is 0 Å². The van der Waals surface area contributed by atoms with Gasteiger partial charge in [-0.3, -0.25) is 0 Å². The van der Waals surface area contributed by atoms with Gasteiger partial charge in [0.15, 0.2) is 0 Å². The summed E-state index contributed by atoms with van der Waals surface area (Å²) in [5, 5.41) is 5.52. The molecule has 15 heavy (non-hydrogen) atoms. The van der Waals surface area contributed by atoms with Crippen LogP contribution in [0.5, 0.6) is 0 Å². The van der Waals surface area contributed by atoms with E-state index in [4.69, 9.17) is 11.6 Å². The molecule has 78 valence electrons. The Balaban J connectivity index is 2.32. The van der Waals surface area contributed by atoms with Crippen LogP contribution in [-0.2, 0) is 6.54 Å². The van der Waals surface area contributed by atoms with Crippen LogP contribution >= 0.6 is 11.6 Å². The van der Waals surface area contributed by atoms with Gasteiger partial charge in [0, 0.05) is 34.7 Å². The van der Waals surface area contributed by atoms with Crippen LogP contribution in [0.15, 0.2) is 18.2 Å². The van der Waals surface area contributed by atoms with Gasteiger partial charge in [-0.05, 0) is 23.6 Å². The molecule has 2 N–H and O–H groups in total. The average Bonchev–Trinajstić information content (AvgIpc) is 2.56. The largest absolute Gasteiger partial charge is 0.357 e. The first-order valence-corrected chi connectivity index (χ1v) is 5.64. The quantitative estimate of drug-likeness (QED) is 0.702. The smallest absolute Gasteiger partial charge is 0.0474 e. The number of benzene rings is 1. The van der Waals surface area contributed by atoms with Crippen LogP contribution in [0.2, 0.25) is 5.02 Å². The highest BCUT2D eigenvalue weighted by molar-refractivity contribution is 6.31. The third-order valence-corrected chi connectivity index (χ3v) is 3.36. The van der Waals surface area contributed by atoms with Gasteiger partial charge in [-0.25, -0.2) is 0 Å². The van der Waals surface area contributed by atoms with Crippen molar-refractivity contribution in [2.45, 2.75) is 19.4 Å². The Kier molecular flexibility index (Phi) is 2.01. The van der Waals surface area contributed by atoms with Crippen LogP contribution in [0.1, 0.15) is 24.1 Å². The van der Waals surface area contributed by atoms with Crippen molar-refractivity contribution in [3.63, 3.8) is 0 Å². The first kappa shape index (κ1) is 9.25. The van der Waals surface area contributed by atoms with E-state index in [0.29, 0.717) is 5.92 Å². The zero-order valence-corrected chi connectivity index (χ0v) is 9.36. The van der Waals surface area contributed by atoms with Crippen molar-refractivity contribution in [2.24, 2.45) is 0 Å². The van der Waals surface area contributed by atoms with E-state index in [2.05, 4.69) is 23.3 Å². The van der Waals surface area contributed by atoms with E-state index in [0.717, 1.165) is 23.6 Å². The van der Waals surface area contributed by atoms with Gasteiger partial charge in [0.25, 0.3) is 0 Å². The van der Waals surface area contributed by atoms with Crippen molar-refractivity contribution in [1.82, 2.24) is 10.3 Å². The molecule has 0 fully saturated rings. The number of halogens is 1. The number of rotatable bonds is 0. The molecule has 1 aliphatic rings. The second-order valence-electron chi connectivity index (χ2n) is 4.24. The molecule has 2 aromatic rings. The number of hydrogen-bond acceptors (Lipinski definition) is 1. The summed E-state index contributed by atoms with van der Waals surface area (Å²) in [7, 11) is 0. The van der Waals surface area contributed by atoms with E-state index >= 15 is 0 Å². The van der Waals surface area contributed by atoms with E-state index in [1.54, 1.807) is 0 Å². The number of nitrogens with one attached hydrogen (secondary N) is 2. The summed E-state index contributed by atoms with van der Waals surface area (Å²) in [5.41, 5.74) is 3.93. The highest BCUT2D eigenvalue weighted by Gasteiger charge is 2.20. The maximum absolute atomic E-state index is 5.98. The lowest BCUT2D eigenvalue weighted by Crippen LogP contribution is -2.26. The van der Waals surface area contributed by atoms with Crippen LogP contribution in [0.25, 0.3) is 10.9 Å². The van der Waals surface area contributed by atoms with Crippen molar-refractivity contribution >= 4 is 22.5 Å². The summed E-state index contributed by atoms with van der Waals surface area (Å²) in [5.74, 6) is 0.573. The van der Waals surface area contributed by atoms with Gasteiger partial charge in [-0.15, -0.1) is 0 Å². The predicted octanol–water partition coefficient (Wildman–Crippen LogP) is 3.03. The molecule has 0 saturated carbocycles. The molecule has 0 amide bonds. The molecule has 0 saturated heterocycles. The lowest BCUT2D eigenvalue weighted by Gasteiger charge is -2.20. The van der Waals surface area contributed by atoms with Crippen LogP contribution < -0.4 is 5.32 Å². The second kappa shape index (κ2) is 3.26. The topological polar surface area (TPSA) is 27.8 Å². The minimum atomic E-state index is 0.573. The number of hydrogen-bond donors (Lipinski definition) is 2. The first-order valence-electron chi connectivity index (χ1n) is 5.26.